The Kier molecular flexibility index (Phi) is 4.20. The smallest absolute Gasteiger partial charge is 0.0486 e. The van der Waals surface area contributed by atoms with Gasteiger partial charge in [0.05, 0.1) is 0 Å². The van der Waals surface area contributed by atoms with E-state index in [-0.39, 0.29) is 6.04 Å². The maximum atomic E-state index is 4.10. The molecule has 0 saturated carbocycles. The van der Waals surface area contributed by atoms with Crippen LogP contribution >= 0.6 is 0 Å². The van der Waals surface area contributed by atoms with Crippen LogP contribution in [0.4, 0.5) is 5.69 Å². The summed E-state index contributed by atoms with van der Waals surface area (Å²) < 4.78 is 0. The standard InChI is InChI=1S/C18H23N3/c1-13-3-4-16-7-11-20-12-8-17(16)18(13)21-14(2)15-5-9-19-10-6-15/h3-6,9-10,14,20-21H,7-8,11-12H2,1-2H3. The second-order valence-corrected chi connectivity index (χ2v) is 5.79. The van der Waals surface area contributed by atoms with Gasteiger partial charge in [0.1, 0.15) is 0 Å². The van der Waals surface area contributed by atoms with Crippen LogP contribution in [0.2, 0.25) is 0 Å². The van der Waals surface area contributed by atoms with Gasteiger partial charge in [-0.1, -0.05) is 12.1 Å². The Morgan fingerprint density at radius 2 is 1.86 bits per heavy atom. The van der Waals surface area contributed by atoms with Gasteiger partial charge in [0.15, 0.2) is 0 Å². The number of fused-ring (bicyclic) bond motifs is 1. The van der Waals surface area contributed by atoms with Gasteiger partial charge in [0, 0.05) is 24.1 Å². The van der Waals surface area contributed by atoms with E-state index in [0.29, 0.717) is 0 Å². The van der Waals surface area contributed by atoms with Crippen LogP contribution in [0.5, 0.6) is 0 Å². The number of rotatable bonds is 3. The Morgan fingerprint density at radius 1 is 1.10 bits per heavy atom. The first-order chi connectivity index (χ1) is 10.3. The van der Waals surface area contributed by atoms with Crippen molar-refractivity contribution in [3.8, 4) is 0 Å². The van der Waals surface area contributed by atoms with E-state index < -0.39 is 0 Å². The van der Waals surface area contributed by atoms with Crippen LogP contribution in [0.15, 0.2) is 36.7 Å². The van der Waals surface area contributed by atoms with E-state index in [1.165, 1.54) is 27.9 Å². The second-order valence-electron chi connectivity index (χ2n) is 5.79. The summed E-state index contributed by atoms with van der Waals surface area (Å²) >= 11 is 0. The van der Waals surface area contributed by atoms with Gasteiger partial charge in [0.2, 0.25) is 0 Å². The topological polar surface area (TPSA) is 37.0 Å². The van der Waals surface area contributed by atoms with Gasteiger partial charge in [-0.25, -0.2) is 0 Å². The average Bonchev–Trinajstić information content (AvgIpc) is 2.76. The lowest BCUT2D eigenvalue weighted by atomic mass is 9.96. The molecule has 2 aromatic rings. The fourth-order valence-corrected chi connectivity index (χ4v) is 3.04. The zero-order valence-corrected chi connectivity index (χ0v) is 12.8. The van der Waals surface area contributed by atoms with Crippen LogP contribution in [0.1, 0.15) is 35.2 Å². The quantitative estimate of drug-likeness (QED) is 0.907. The van der Waals surface area contributed by atoms with Crippen molar-refractivity contribution in [3.63, 3.8) is 0 Å². The van der Waals surface area contributed by atoms with Gasteiger partial charge < -0.3 is 10.6 Å². The van der Waals surface area contributed by atoms with E-state index in [2.05, 4.69) is 53.7 Å². The zero-order chi connectivity index (χ0) is 14.7. The molecule has 0 amide bonds. The van der Waals surface area contributed by atoms with Crippen molar-refractivity contribution in [1.29, 1.82) is 0 Å². The average molecular weight is 281 g/mol. The van der Waals surface area contributed by atoms with Gasteiger partial charge in [0.25, 0.3) is 0 Å². The number of hydrogen-bond donors (Lipinski definition) is 2. The van der Waals surface area contributed by atoms with E-state index in [1.54, 1.807) is 0 Å². The molecule has 1 aromatic heterocycles. The third-order valence-electron chi connectivity index (χ3n) is 4.31. The third kappa shape index (κ3) is 3.08. The maximum Gasteiger partial charge on any atom is 0.0486 e. The summed E-state index contributed by atoms with van der Waals surface area (Å²) in [5.74, 6) is 0. The minimum absolute atomic E-state index is 0.286. The van der Waals surface area contributed by atoms with Gasteiger partial charge >= 0.3 is 0 Å². The van der Waals surface area contributed by atoms with Crippen molar-refractivity contribution in [3.05, 3.63) is 58.9 Å². The summed E-state index contributed by atoms with van der Waals surface area (Å²) in [6.07, 6.45) is 5.93. The van der Waals surface area contributed by atoms with Gasteiger partial charge in [-0.3, -0.25) is 4.98 Å². The van der Waals surface area contributed by atoms with E-state index in [9.17, 15) is 0 Å². The summed E-state index contributed by atoms with van der Waals surface area (Å²) in [6.45, 7) is 6.55. The largest absolute Gasteiger partial charge is 0.378 e. The van der Waals surface area contributed by atoms with Crippen molar-refractivity contribution in [1.82, 2.24) is 10.3 Å². The fraction of sp³-hybridized carbons (Fsp3) is 0.389. The van der Waals surface area contributed by atoms with Gasteiger partial charge in [-0.05, 0) is 74.2 Å². The first-order valence-electron chi connectivity index (χ1n) is 7.74. The van der Waals surface area contributed by atoms with E-state index >= 15 is 0 Å². The molecule has 110 valence electrons. The number of aromatic nitrogens is 1. The van der Waals surface area contributed by atoms with E-state index in [0.717, 1.165) is 25.9 Å². The number of anilines is 1. The molecule has 0 bridgehead atoms. The van der Waals surface area contributed by atoms with Crippen LogP contribution in [-0.4, -0.2) is 18.1 Å². The molecular formula is C18H23N3. The molecule has 3 nitrogen and oxygen atoms in total. The van der Waals surface area contributed by atoms with Crippen molar-refractivity contribution < 1.29 is 0 Å². The van der Waals surface area contributed by atoms with Crippen molar-refractivity contribution in [2.45, 2.75) is 32.7 Å². The Hall–Kier alpha value is -1.87. The summed E-state index contributed by atoms with van der Waals surface area (Å²) in [5, 5.41) is 7.22. The number of hydrogen-bond acceptors (Lipinski definition) is 3. The molecule has 0 radical (unpaired) electrons. The van der Waals surface area contributed by atoms with Gasteiger partial charge in [-0.15, -0.1) is 0 Å². The molecule has 1 aliphatic rings. The summed E-state index contributed by atoms with van der Waals surface area (Å²) in [4.78, 5) is 4.10. The normalized spacial score (nSPS) is 15.9. The molecule has 1 atom stereocenters. The maximum absolute atomic E-state index is 4.10. The van der Waals surface area contributed by atoms with Crippen LogP contribution < -0.4 is 10.6 Å². The number of benzene rings is 1. The van der Waals surface area contributed by atoms with E-state index in [4.69, 9.17) is 0 Å². The molecule has 3 rings (SSSR count). The molecule has 0 fully saturated rings. The highest BCUT2D eigenvalue weighted by Gasteiger charge is 2.15. The lowest BCUT2D eigenvalue weighted by molar-refractivity contribution is 0.711. The molecule has 21 heavy (non-hydrogen) atoms. The number of pyridine rings is 1. The lowest BCUT2D eigenvalue weighted by Gasteiger charge is -2.22. The number of nitrogens with zero attached hydrogens (tertiary/aromatic N) is 1. The monoisotopic (exact) mass is 281 g/mol. The molecule has 1 aliphatic heterocycles. The highest BCUT2D eigenvalue weighted by Crippen LogP contribution is 2.29. The molecule has 2 heterocycles. The van der Waals surface area contributed by atoms with E-state index in [1.807, 2.05) is 12.4 Å². The minimum atomic E-state index is 0.286. The zero-order valence-electron chi connectivity index (χ0n) is 12.8. The molecule has 0 spiro atoms. The first-order valence-corrected chi connectivity index (χ1v) is 7.74. The molecule has 0 saturated heterocycles. The van der Waals surface area contributed by atoms with Crippen LogP contribution in [0.3, 0.4) is 0 Å². The van der Waals surface area contributed by atoms with Crippen LogP contribution in [-0.2, 0) is 12.8 Å². The third-order valence-corrected chi connectivity index (χ3v) is 4.31. The van der Waals surface area contributed by atoms with Crippen molar-refractivity contribution in [2.75, 3.05) is 18.4 Å². The predicted octanol–water partition coefficient (Wildman–Crippen LogP) is 3.25. The Bertz CT molecular complexity index is 607. The lowest BCUT2D eigenvalue weighted by Crippen LogP contribution is -2.16. The SMILES string of the molecule is Cc1ccc2c(c1NC(C)c1ccncc1)CCNCC2. The first kappa shape index (κ1) is 14.1. The second kappa shape index (κ2) is 6.27. The van der Waals surface area contributed by atoms with Crippen molar-refractivity contribution >= 4 is 5.69 Å². The van der Waals surface area contributed by atoms with Crippen molar-refractivity contribution in [2.24, 2.45) is 0 Å². The number of aryl methyl sites for hydroxylation is 1. The number of nitrogens with one attached hydrogen (secondary N) is 2. The molecule has 1 aromatic carbocycles. The molecule has 0 aliphatic carbocycles. The highest BCUT2D eigenvalue weighted by atomic mass is 14.9. The summed E-state index contributed by atoms with van der Waals surface area (Å²) in [6, 6.07) is 8.98. The van der Waals surface area contributed by atoms with Crippen LogP contribution in [0, 0.1) is 6.92 Å². The Labute approximate surface area is 126 Å². The Morgan fingerprint density at radius 3 is 2.67 bits per heavy atom. The fourth-order valence-electron chi connectivity index (χ4n) is 3.04. The Balaban J connectivity index is 1.91. The summed E-state index contributed by atoms with van der Waals surface area (Å²) in [7, 11) is 0. The summed E-state index contributed by atoms with van der Waals surface area (Å²) in [5.41, 5.74) is 6.89. The minimum Gasteiger partial charge on any atom is -0.378 e. The van der Waals surface area contributed by atoms with Crippen LogP contribution in [0.25, 0.3) is 0 Å². The molecule has 2 N–H and O–H groups in total. The molecule has 1 unspecified atom stereocenters. The molecule has 3 heteroatoms. The highest BCUT2D eigenvalue weighted by molar-refractivity contribution is 5.61. The van der Waals surface area contributed by atoms with Gasteiger partial charge in [-0.2, -0.15) is 0 Å². The molecular weight excluding hydrogens is 258 g/mol. The predicted molar refractivity (Wildman–Crippen MR) is 87.7 cm³/mol.